The van der Waals surface area contributed by atoms with Crippen LogP contribution in [-0.4, -0.2) is 19.1 Å². The molecule has 3 heterocycles. The number of hydrogen-bond acceptors (Lipinski definition) is 2. The molecule has 3 aromatic heterocycles. The molecule has 10 rings (SSSR count). The fraction of sp³-hybridized carbons (Fsp3) is 0. The summed E-state index contributed by atoms with van der Waals surface area (Å²) in [7, 11) is 0. The zero-order valence-corrected chi connectivity index (χ0v) is 29.6. The smallest absolute Gasteiger partial charge is 0.160 e. The van der Waals surface area contributed by atoms with E-state index in [1.165, 1.54) is 21.5 Å². The van der Waals surface area contributed by atoms with Crippen molar-refractivity contribution in [1.82, 2.24) is 19.1 Å². The van der Waals surface area contributed by atoms with Crippen LogP contribution < -0.4 is 0 Å². The molecule has 0 atom stereocenters. The SMILES string of the molecule is Ic1c(-c2ccccc2)nc(-c2cc(-n3c4ccccc4c4ccccc43)cc(-n3c4ccccc4c4ccccc43)c2)nc1-c1ccccc1. The van der Waals surface area contributed by atoms with Crippen LogP contribution in [0.25, 0.3) is 88.9 Å². The number of aromatic nitrogens is 4. The Bertz CT molecular complexity index is 2620. The summed E-state index contributed by atoms with van der Waals surface area (Å²) in [4.78, 5) is 10.7. The van der Waals surface area contributed by atoms with Crippen LogP contribution in [-0.2, 0) is 0 Å². The Hall–Kier alpha value is -6.05. The van der Waals surface area contributed by atoms with Gasteiger partial charge >= 0.3 is 0 Å². The van der Waals surface area contributed by atoms with Gasteiger partial charge in [-0.25, -0.2) is 9.97 Å². The summed E-state index contributed by atoms with van der Waals surface area (Å²) in [5.74, 6) is 0.678. The highest BCUT2D eigenvalue weighted by atomic mass is 127. The van der Waals surface area contributed by atoms with Gasteiger partial charge in [0.1, 0.15) is 0 Å². The summed E-state index contributed by atoms with van der Waals surface area (Å²) in [6.45, 7) is 0. The van der Waals surface area contributed by atoms with Crippen molar-refractivity contribution in [2.45, 2.75) is 0 Å². The molecule has 240 valence electrons. The fourth-order valence-corrected chi connectivity index (χ4v) is 8.40. The van der Waals surface area contributed by atoms with Gasteiger partial charge in [-0.1, -0.05) is 133 Å². The Morgan fingerprint density at radius 2 is 0.686 bits per heavy atom. The van der Waals surface area contributed by atoms with Gasteiger partial charge in [0.15, 0.2) is 5.82 Å². The molecule has 51 heavy (non-hydrogen) atoms. The molecule has 0 saturated heterocycles. The molecule has 0 aliphatic carbocycles. The van der Waals surface area contributed by atoms with E-state index in [-0.39, 0.29) is 0 Å². The van der Waals surface area contributed by atoms with E-state index in [0.717, 1.165) is 65.1 Å². The van der Waals surface area contributed by atoms with Crippen molar-refractivity contribution < 1.29 is 0 Å². The second-order valence-electron chi connectivity index (χ2n) is 12.8. The van der Waals surface area contributed by atoms with Gasteiger partial charge in [0, 0.05) is 49.6 Å². The van der Waals surface area contributed by atoms with Gasteiger partial charge < -0.3 is 9.13 Å². The quantitative estimate of drug-likeness (QED) is 0.164. The molecule has 0 saturated carbocycles. The molecule has 5 heteroatoms. The first-order valence-corrected chi connectivity index (χ1v) is 18.1. The zero-order chi connectivity index (χ0) is 33.9. The van der Waals surface area contributed by atoms with E-state index in [4.69, 9.17) is 9.97 Å². The van der Waals surface area contributed by atoms with Gasteiger partial charge in [0.05, 0.1) is 37.0 Å². The fourth-order valence-electron chi connectivity index (χ4n) is 7.53. The van der Waals surface area contributed by atoms with Crippen molar-refractivity contribution in [2.24, 2.45) is 0 Å². The largest absolute Gasteiger partial charge is 0.309 e. The summed E-state index contributed by atoms with van der Waals surface area (Å²) in [6.07, 6.45) is 0. The minimum atomic E-state index is 0.678. The lowest BCUT2D eigenvalue weighted by Crippen LogP contribution is -2.03. The zero-order valence-electron chi connectivity index (χ0n) is 27.4. The van der Waals surface area contributed by atoms with E-state index in [0.29, 0.717) is 5.82 Å². The Morgan fingerprint density at radius 1 is 0.353 bits per heavy atom. The van der Waals surface area contributed by atoms with E-state index < -0.39 is 0 Å². The third kappa shape index (κ3) is 4.88. The molecule has 0 aliphatic heterocycles. The molecule has 0 unspecified atom stereocenters. The van der Waals surface area contributed by atoms with E-state index in [9.17, 15) is 0 Å². The van der Waals surface area contributed by atoms with E-state index in [2.05, 4.69) is 196 Å². The third-order valence-corrected chi connectivity index (χ3v) is 10.8. The van der Waals surface area contributed by atoms with Gasteiger partial charge in [0.2, 0.25) is 0 Å². The van der Waals surface area contributed by atoms with Gasteiger partial charge in [-0.15, -0.1) is 0 Å². The average molecular weight is 765 g/mol. The molecule has 7 aromatic carbocycles. The normalized spacial score (nSPS) is 11.6. The van der Waals surface area contributed by atoms with Crippen molar-refractivity contribution in [1.29, 1.82) is 0 Å². The van der Waals surface area contributed by atoms with Crippen molar-refractivity contribution in [3.63, 3.8) is 0 Å². The lowest BCUT2D eigenvalue weighted by atomic mass is 10.1. The summed E-state index contributed by atoms with van der Waals surface area (Å²) < 4.78 is 5.79. The van der Waals surface area contributed by atoms with Gasteiger partial charge in [0.25, 0.3) is 0 Å². The van der Waals surface area contributed by atoms with Gasteiger partial charge in [-0.3, -0.25) is 0 Å². The van der Waals surface area contributed by atoms with Crippen LogP contribution in [0.2, 0.25) is 0 Å². The minimum Gasteiger partial charge on any atom is -0.309 e. The summed E-state index contributed by atoms with van der Waals surface area (Å²) in [6, 6.07) is 62.4. The lowest BCUT2D eigenvalue weighted by molar-refractivity contribution is 1.12. The monoisotopic (exact) mass is 764 g/mol. The second kappa shape index (κ2) is 12.1. The van der Waals surface area contributed by atoms with Gasteiger partial charge in [-0.05, 0) is 65.1 Å². The van der Waals surface area contributed by atoms with Crippen LogP contribution in [0.4, 0.5) is 0 Å². The Kier molecular flexibility index (Phi) is 7.06. The topological polar surface area (TPSA) is 35.6 Å². The first-order valence-electron chi connectivity index (χ1n) is 17.0. The highest BCUT2D eigenvalue weighted by Crippen LogP contribution is 2.39. The van der Waals surface area contributed by atoms with E-state index in [1.54, 1.807) is 0 Å². The summed E-state index contributed by atoms with van der Waals surface area (Å²) in [5.41, 5.74) is 11.6. The molecule has 10 aromatic rings. The van der Waals surface area contributed by atoms with Crippen LogP contribution in [0.1, 0.15) is 0 Å². The highest BCUT2D eigenvalue weighted by Gasteiger charge is 2.20. The summed E-state index contributed by atoms with van der Waals surface area (Å²) >= 11 is 2.42. The molecular formula is C46H29IN4. The molecule has 0 fully saturated rings. The number of hydrogen-bond donors (Lipinski definition) is 0. The van der Waals surface area contributed by atoms with Crippen LogP contribution in [0.3, 0.4) is 0 Å². The van der Waals surface area contributed by atoms with Crippen LogP contribution in [0.15, 0.2) is 176 Å². The van der Waals surface area contributed by atoms with E-state index in [1.807, 2.05) is 12.1 Å². The molecule has 0 bridgehead atoms. The molecule has 0 spiro atoms. The molecule has 0 amide bonds. The molecule has 0 N–H and O–H groups in total. The van der Waals surface area contributed by atoms with Crippen molar-refractivity contribution in [3.05, 3.63) is 179 Å². The van der Waals surface area contributed by atoms with Crippen LogP contribution in [0.5, 0.6) is 0 Å². The molecule has 0 aliphatic rings. The van der Waals surface area contributed by atoms with E-state index >= 15 is 0 Å². The standard InChI is InChI=1S/C46H29IN4/c47-43-44(30-15-3-1-4-16-30)48-46(49-45(43)31-17-5-2-6-18-31)32-27-33(50-39-23-11-7-19-35(39)36-20-8-12-24-40(36)50)29-34(28-32)51-41-25-13-9-21-37(41)38-22-10-14-26-42(38)51/h1-29H. The van der Waals surface area contributed by atoms with Crippen molar-refractivity contribution in [3.8, 4) is 45.3 Å². The molecule has 4 nitrogen and oxygen atoms in total. The lowest BCUT2D eigenvalue weighted by Gasteiger charge is -2.17. The highest BCUT2D eigenvalue weighted by molar-refractivity contribution is 14.1. The number of fused-ring (bicyclic) bond motifs is 6. The number of nitrogens with zero attached hydrogens (tertiary/aromatic N) is 4. The number of benzene rings is 7. The Labute approximate surface area is 308 Å². The predicted molar refractivity (Wildman–Crippen MR) is 220 cm³/mol. The number of rotatable bonds is 5. The molecular weight excluding hydrogens is 735 g/mol. The number of para-hydroxylation sites is 4. The van der Waals surface area contributed by atoms with Gasteiger partial charge in [-0.2, -0.15) is 0 Å². The minimum absolute atomic E-state index is 0.678. The maximum Gasteiger partial charge on any atom is 0.160 e. The summed E-state index contributed by atoms with van der Waals surface area (Å²) in [5, 5.41) is 4.89. The van der Waals surface area contributed by atoms with Crippen molar-refractivity contribution in [2.75, 3.05) is 0 Å². The Morgan fingerprint density at radius 3 is 1.06 bits per heavy atom. The Balaban J connectivity index is 1.32. The van der Waals surface area contributed by atoms with Crippen LogP contribution >= 0.6 is 22.6 Å². The van der Waals surface area contributed by atoms with Crippen molar-refractivity contribution >= 4 is 66.2 Å². The maximum atomic E-state index is 5.36. The maximum absolute atomic E-state index is 5.36. The predicted octanol–water partition coefficient (Wildman–Crippen LogP) is 12.3. The second-order valence-corrected chi connectivity index (χ2v) is 13.8. The number of halogens is 1. The first-order chi connectivity index (χ1) is 25.2. The van der Waals surface area contributed by atoms with Crippen LogP contribution in [0, 0.1) is 3.57 Å². The third-order valence-electron chi connectivity index (χ3n) is 9.78. The first kappa shape index (κ1) is 29.8. The molecule has 0 radical (unpaired) electrons. The average Bonchev–Trinajstić information content (AvgIpc) is 3.72.